The maximum atomic E-state index is 2.22. The van der Waals surface area contributed by atoms with Gasteiger partial charge in [-0.25, -0.2) is 0 Å². The smallest absolute Gasteiger partial charge is 0.0307 e. The minimum atomic E-state index is 1.14. The first-order chi connectivity index (χ1) is 12.2. The van der Waals surface area contributed by atoms with Crippen LogP contribution in [0.25, 0.3) is 0 Å². The Balaban J connectivity index is -0.000000120. The van der Waals surface area contributed by atoms with Gasteiger partial charge in [-0.1, -0.05) is 141 Å². The molecule has 0 N–H and O–H groups in total. The van der Waals surface area contributed by atoms with Crippen LogP contribution in [-0.4, -0.2) is 0 Å². The number of benzene rings is 2. The molecule has 0 atom stereocenters. The summed E-state index contributed by atoms with van der Waals surface area (Å²) in [5.74, 6) is 0. The SMILES string of the molecule is CC.CC.CCC.CCC.CCc1cccc(C)c1.c1ccccc1. The zero-order valence-corrected chi connectivity index (χ0v) is 18.9. The summed E-state index contributed by atoms with van der Waals surface area (Å²) in [5, 5.41) is 0. The van der Waals surface area contributed by atoms with Crippen LogP contribution in [0.5, 0.6) is 0 Å². The first kappa shape index (κ1) is 31.2. The molecule has 0 bridgehead atoms. The molecule has 0 fully saturated rings. The minimum Gasteiger partial charge on any atom is -0.0683 e. The summed E-state index contributed by atoms with van der Waals surface area (Å²) < 4.78 is 0. The second-order valence-corrected chi connectivity index (χ2v) is 4.91. The molecule has 0 spiro atoms. The molecule has 2 aromatic carbocycles. The van der Waals surface area contributed by atoms with E-state index in [0.717, 1.165) is 6.42 Å². The molecule has 25 heavy (non-hydrogen) atoms. The molecule has 0 amide bonds. The van der Waals surface area contributed by atoms with Crippen LogP contribution in [0.4, 0.5) is 0 Å². The van der Waals surface area contributed by atoms with Gasteiger partial charge in [0.1, 0.15) is 0 Å². The fourth-order valence-corrected chi connectivity index (χ4v) is 1.32. The van der Waals surface area contributed by atoms with E-state index in [1.54, 1.807) is 0 Å². The Morgan fingerprint density at radius 3 is 1.08 bits per heavy atom. The Morgan fingerprint density at radius 2 is 0.880 bits per heavy atom. The highest BCUT2D eigenvalue weighted by molar-refractivity contribution is 5.21. The van der Waals surface area contributed by atoms with Crippen molar-refractivity contribution in [2.24, 2.45) is 0 Å². The van der Waals surface area contributed by atoms with Crippen LogP contribution in [0.15, 0.2) is 60.7 Å². The second kappa shape index (κ2) is 33.9. The van der Waals surface area contributed by atoms with Crippen LogP contribution in [0.1, 0.15) is 86.3 Å². The second-order valence-electron chi connectivity index (χ2n) is 4.91. The van der Waals surface area contributed by atoms with Gasteiger partial charge in [0.25, 0.3) is 0 Å². The lowest BCUT2D eigenvalue weighted by Crippen LogP contribution is -1.78. The average Bonchev–Trinajstić information content (AvgIpc) is 2.68. The van der Waals surface area contributed by atoms with Crippen LogP contribution in [0.2, 0.25) is 0 Å². The summed E-state index contributed by atoms with van der Waals surface area (Å²) in [6.07, 6.45) is 3.64. The van der Waals surface area contributed by atoms with E-state index in [0.29, 0.717) is 0 Å². The molecule has 0 unspecified atom stereocenters. The summed E-state index contributed by atoms with van der Waals surface area (Å²) in [5.41, 5.74) is 2.78. The highest BCUT2D eigenvalue weighted by Crippen LogP contribution is 2.03. The van der Waals surface area contributed by atoms with Crippen molar-refractivity contribution in [2.45, 2.75) is 88.5 Å². The predicted octanol–water partition coefficient (Wildman–Crippen LogP) is 9.13. The van der Waals surface area contributed by atoms with Crippen molar-refractivity contribution < 1.29 is 0 Å². The van der Waals surface area contributed by atoms with E-state index in [1.807, 2.05) is 64.1 Å². The summed E-state index contributed by atoms with van der Waals surface area (Å²) in [6.45, 7) is 20.8. The summed E-state index contributed by atoms with van der Waals surface area (Å²) in [4.78, 5) is 0. The fraction of sp³-hybridized carbons (Fsp3) is 0.520. The molecule has 2 aromatic rings. The van der Waals surface area contributed by atoms with E-state index in [4.69, 9.17) is 0 Å². The quantitative estimate of drug-likeness (QED) is 0.483. The number of aryl methyl sites for hydroxylation is 2. The van der Waals surface area contributed by atoms with E-state index in [-0.39, 0.29) is 0 Å². The number of hydrogen-bond donors (Lipinski definition) is 0. The summed E-state index contributed by atoms with van der Waals surface area (Å²) >= 11 is 0. The van der Waals surface area contributed by atoms with Crippen LogP contribution >= 0.6 is 0 Å². The lowest BCUT2D eigenvalue weighted by molar-refractivity contribution is 1.09. The predicted molar refractivity (Wildman–Crippen MR) is 122 cm³/mol. The van der Waals surface area contributed by atoms with Crippen molar-refractivity contribution in [3.8, 4) is 0 Å². The zero-order chi connectivity index (χ0) is 20.3. The maximum absolute atomic E-state index is 2.22. The Kier molecular flexibility index (Phi) is 42.4. The van der Waals surface area contributed by atoms with Gasteiger partial charge < -0.3 is 0 Å². The molecule has 0 aliphatic heterocycles. The van der Waals surface area contributed by atoms with Crippen LogP contribution in [-0.2, 0) is 6.42 Å². The molecule has 0 aromatic heterocycles. The standard InChI is InChI=1S/C9H12.C6H6.2C3H8.2C2H6/c1-3-9-6-4-5-8(2)7-9;1-2-4-6-5-3-1;2*1-3-2;2*1-2/h4-7H,3H2,1-2H3;1-6H;2*3H2,1-2H3;2*1-2H3. The third-order valence-electron chi connectivity index (χ3n) is 2.16. The van der Waals surface area contributed by atoms with E-state index < -0.39 is 0 Å². The lowest BCUT2D eigenvalue weighted by Gasteiger charge is -1.95. The van der Waals surface area contributed by atoms with Crippen molar-refractivity contribution in [2.75, 3.05) is 0 Å². The fourth-order valence-electron chi connectivity index (χ4n) is 1.32. The number of rotatable bonds is 1. The van der Waals surface area contributed by atoms with Gasteiger partial charge in [0.2, 0.25) is 0 Å². The minimum absolute atomic E-state index is 1.14. The van der Waals surface area contributed by atoms with Gasteiger partial charge in [0.15, 0.2) is 0 Å². The molecular formula is C25H46. The van der Waals surface area contributed by atoms with Crippen molar-refractivity contribution in [1.82, 2.24) is 0 Å². The van der Waals surface area contributed by atoms with Crippen molar-refractivity contribution in [3.05, 3.63) is 71.8 Å². The molecular weight excluding hydrogens is 300 g/mol. The van der Waals surface area contributed by atoms with Gasteiger partial charge in [-0.05, 0) is 18.9 Å². The Labute approximate surface area is 160 Å². The van der Waals surface area contributed by atoms with E-state index in [1.165, 1.54) is 24.0 Å². The molecule has 0 aliphatic rings. The molecule has 0 nitrogen and oxygen atoms in total. The van der Waals surface area contributed by atoms with Crippen molar-refractivity contribution >= 4 is 0 Å². The summed E-state index contributed by atoms with van der Waals surface area (Å²) in [6, 6.07) is 20.6. The van der Waals surface area contributed by atoms with Gasteiger partial charge in [0.05, 0.1) is 0 Å². The van der Waals surface area contributed by atoms with Crippen LogP contribution < -0.4 is 0 Å². The molecule has 2 rings (SSSR count). The normalized spacial score (nSPS) is 7.28. The Bertz CT molecular complexity index is 361. The average molecular weight is 347 g/mol. The largest absolute Gasteiger partial charge is 0.0683 e. The molecule has 0 aliphatic carbocycles. The lowest BCUT2D eigenvalue weighted by atomic mass is 10.1. The van der Waals surface area contributed by atoms with Gasteiger partial charge in [0, 0.05) is 0 Å². The van der Waals surface area contributed by atoms with Crippen LogP contribution in [0, 0.1) is 6.92 Å². The molecule has 0 heterocycles. The zero-order valence-electron chi connectivity index (χ0n) is 18.9. The molecule has 146 valence electrons. The van der Waals surface area contributed by atoms with Crippen LogP contribution in [0.3, 0.4) is 0 Å². The van der Waals surface area contributed by atoms with Gasteiger partial charge in [-0.3, -0.25) is 0 Å². The van der Waals surface area contributed by atoms with Gasteiger partial charge in [-0.2, -0.15) is 0 Å². The van der Waals surface area contributed by atoms with Gasteiger partial charge >= 0.3 is 0 Å². The maximum Gasteiger partial charge on any atom is -0.0307 e. The van der Waals surface area contributed by atoms with Crippen molar-refractivity contribution in [1.29, 1.82) is 0 Å². The first-order valence-electron chi connectivity index (χ1n) is 10.2. The molecule has 0 saturated heterocycles. The van der Waals surface area contributed by atoms with E-state index >= 15 is 0 Å². The van der Waals surface area contributed by atoms with Crippen molar-refractivity contribution in [3.63, 3.8) is 0 Å². The number of hydrogen-bond acceptors (Lipinski definition) is 0. The Morgan fingerprint density at radius 1 is 0.560 bits per heavy atom. The first-order valence-corrected chi connectivity index (χ1v) is 10.2. The monoisotopic (exact) mass is 346 g/mol. The highest BCUT2D eigenvalue weighted by atomic mass is 13.9. The molecule has 0 heteroatoms. The van der Waals surface area contributed by atoms with E-state index in [9.17, 15) is 0 Å². The van der Waals surface area contributed by atoms with E-state index in [2.05, 4.69) is 65.8 Å². The summed E-state index contributed by atoms with van der Waals surface area (Å²) in [7, 11) is 0. The third-order valence-corrected chi connectivity index (χ3v) is 2.16. The topological polar surface area (TPSA) is 0 Å². The highest BCUT2D eigenvalue weighted by Gasteiger charge is 1.85. The van der Waals surface area contributed by atoms with Gasteiger partial charge in [-0.15, -0.1) is 0 Å². The third kappa shape index (κ3) is 34.7. The Hall–Kier alpha value is -1.56. The molecule has 0 saturated carbocycles. The molecule has 0 radical (unpaired) electrons.